The molecule has 1 aromatic rings. The summed E-state index contributed by atoms with van der Waals surface area (Å²) in [7, 11) is -3.58. The van der Waals surface area contributed by atoms with Gasteiger partial charge >= 0.3 is 0 Å². The number of anilines is 1. The van der Waals surface area contributed by atoms with Crippen LogP contribution < -0.4 is 14.9 Å². The molecule has 2 aliphatic rings. The first-order valence-electron chi connectivity index (χ1n) is 8.66. The fourth-order valence-corrected chi connectivity index (χ4v) is 4.44. The van der Waals surface area contributed by atoms with E-state index in [9.17, 15) is 13.2 Å². The highest BCUT2D eigenvalue weighted by molar-refractivity contribution is 7.89. The number of nitrogens with zero attached hydrogens (tertiary/aromatic N) is 1. The van der Waals surface area contributed by atoms with Gasteiger partial charge in [-0.25, -0.2) is 13.1 Å². The van der Waals surface area contributed by atoms with E-state index in [1.807, 2.05) is 0 Å². The molecule has 0 bridgehead atoms. The Bertz CT molecular complexity index is 734. The summed E-state index contributed by atoms with van der Waals surface area (Å²) in [6, 6.07) is 5.00. The Balaban J connectivity index is 0.00000243. The smallest absolute Gasteiger partial charge is 0.240 e. The second kappa shape index (κ2) is 9.14. The third-order valence-corrected chi connectivity index (χ3v) is 6.05. The van der Waals surface area contributed by atoms with Gasteiger partial charge in [-0.15, -0.1) is 12.4 Å². The third kappa shape index (κ3) is 4.95. The molecule has 1 saturated heterocycles. The van der Waals surface area contributed by atoms with Gasteiger partial charge in [-0.3, -0.25) is 4.79 Å². The van der Waals surface area contributed by atoms with Crippen molar-refractivity contribution in [3.63, 3.8) is 0 Å². The molecule has 1 atom stereocenters. The molecule has 146 valence electrons. The number of carbonyl (C=O) groups is 1. The number of benzene rings is 1. The average molecular weight is 404 g/mol. The fraction of sp³-hybridized carbons (Fsp3) is 0.588. The summed E-state index contributed by atoms with van der Waals surface area (Å²) in [5.74, 6) is 0.0960. The number of halogens is 1. The molecule has 1 fully saturated rings. The number of carbonyl (C=O) groups excluding carboxylic acids is 1. The first kappa shape index (κ1) is 21.1. The zero-order valence-corrected chi connectivity index (χ0v) is 16.5. The van der Waals surface area contributed by atoms with Gasteiger partial charge in [0.25, 0.3) is 0 Å². The van der Waals surface area contributed by atoms with Crippen molar-refractivity contribution in [3.05, 3.63) is 23.8 Å². The predicted octanol–water partition coefficient (Wildman–Crippen LogP) is 0.922. The SMILES string of the molecule is CC(=O)N1CCCc2cc(S(=O)(=O)NCC3CNCCOC3)ccc21.Cl. The molecule has 0 radical (unpaired) electrons. The van der Waals surface area contributed by atoms with E-state index < -0.39 is 10.0 Å². The number of nitrogens with one attached hydrogen (secondary N) is 2. The standard InChI is InChI=1S/C17H25N3O4S.ClH/c1-13(21)20-7-2-3-15-9-16(4-5-17(15)20)25(22,23)19-11-14-10-18-6-8-24-12-14;/h4-5,9,14,18-19H,2-3,6-8,10-12H2,1H3;1H. The molecule has 3 rings (SSSR count). The number of aryl methyl sites for hydroxylation is 1. The van der Waals surface area contributed by atoms with E-state index in [-0.39, 0.29) is 29.1 Å². The molecule has 9 heteroatoms. The second-order valence-corrected chi connectivity index (χ2v) is 8.33. The predicted molar refractivity (Wildman–Crippen MR) is 102 cm³/mol. The topological polar surface area (TPSA) is 87.7 Å². The van der Waals surface area contributed by atoms with Crippen molar-refractivity contribution in [1.29, 1.82) is 0 Å². The van der Waals surface area contributed by atoms with Crippen LogP contribution in [0.1, 0.15) is 18.9 Å². The minimum atomic E-state index is -3.58. The highest BCUT2D eigenvalue weighted by atomic mass is 35.5. The third-order valence-electron chi connectivity index (χ3n) is 4.63. The molecular weight excluding hydrogens is 378 g/mol. The van der Waals surface area contributed by atoms with Crippen molar-refractivity contribution < 1.29 is 17.9 Å². The number of hydrogen-bond acceptors (Lipinski definition) is 5. The van der Waals surface area contributed by atoms with Crippen LogP contribution in [0, 0.1) is 5.92 Å². The molecule has 26 heavy (non-hydrogen) atoms. The van der Waals surface area contributed by atoms with E-state index in [0.29, 0.717) is 26.3 Å². The van der Waals surface area contributed by atoms with Crippen molar-refractivity contribution in [2.24, 2.45) is 5.92 Å². The quantitative estimate of drug-likeness (QED) is 0.780. The maximum atomic E-state index is 12.6. The summed E-state index contributed by atoms with van der Waals surface area (Å²) in [5.41, 5.74) is 1.72. The Hall–Kier alpha value is -1.19. The van der Waals surface area contributed by atoms with Gasteiger partial charge in [-0.2, -0.15) is 0 Å². The van der Waals surface area contributed by atoms with Crippen molar-refractivity contribution in [2.45, 2.75) is 24.7 Å². The van der Waals surface area contributed by atoms with Crippen molar-refractivity contribution in [1.82, 2.24) is 10.0 Å². The fourth-order valence-electron chi connectivity index (χ4n) is 3.27. The largest absolute Gasteiger partial charge is 0.380 e. The minimum absolute atomic E-state index is 0. The Morgan fingerprint density at radius 2 is 2.23 bits per heavy atom. The number of sulfonamides is 1. The Morgan fingerprint density at radius 3 is 3.00 bits per heavy atom. The van der Waals surface area contributed by atoms with E-state index in [0.717, 1.165) is 37.2 Å². The molecule has 0 aliphatic carbocycles. The first-order chi connectivity index (χ1) is 12.0. The normalized spacial score (nSPS) is 20.7. The maximum Gasteiger partial charge on any atom is 0.240 e. The van der Waals surface area contributed by atoms with Crippen LogP contribution in [-0.2, 0) is 26.0 Å². The summed E-state index contributed by atoms with van der Waals surface area (Å²) in [4.78, 5) is 13.7. The van der Waals surface area contributed by atoms with Gasteiger partial charge in [0.2, 0.25) is 15.9 Å². The van der Waals surface area contributed by atoms with E-state index in [1.165, 1.54) is 6.92 Å². The van der Waals surface area contributed by atoms with Gasteiger partial charge < -0.3 is 15.0 Å². The van der Waals surface area contributed by atoms with Crippen molar-refractivity contribution in [2.75, 3.05) is 44.3 Å². The first-order valence-corrected chi connectivity index (χ1v) is 10.1. The Labute approximate surface area is 160 Å². The van der Waals surface area contributed by atoms with Gasteiger partial charge in [0.15, 0.2) is 0 Å². The van der Waals surface area contributed by atoms with Crippen LogP contribution in [0.3, 0.4) is 0 Å². The van der Waals surface area contributed by atoms with Crippen molar-refractivity contribution >= 4 is 34.0 Å². The summed E-state index contributed by atoms with van der Waals surface area (Å²) in [6.07, 6.45) is 1.62. The number of rotatable bonds is 4. The Kier molecular flexibility index (Phi) is 7.42. The summed E-state index contributed by atoms with van der Waals surface area (Å²) >= 11 is 0. The molecule has 1 aromatic carbocycles. The van der Waals surface area contributed by atoms with E-state index >= 15 is 0 Å². The lowest BCUT2D eigenvalue weighted by Gasteiger charge is -2.29. The molecule has 0 saturated carbocycles. The highest BCUT2D eigenvalue weighted by Gasteiger charge is 2.24. The maximum absolute atomic E-state index is 12.6. The molecule has 1 unspecified atom stereocenters. The van der Waals surface area contributed by atoms with Gasteiger partial charge in [0, 0.05) is 44.7 Å². The molecular formula is C17H26ClN3O4S. The summed E-state index contributed by atoms with van der Waals surface area (Å²) in [5, 5.41) is 3.23. The van der Waals surface area contributed by atoms with Gasteiger partial charge in [-0.05, 0) is 36.6 Å². The monoisotopic (exact) mass is 403 g/mol. The number of ether oxygens (including phenoxy) is 1. The molecule has 0 spiro atoms. The van der Waals surface area contributed by atoms with Crippen LogP contribution in [0.15, 0.2) is 23.1 Å². The molecule has 7 nitrogen and oxygen atoms in total. The van der Waals surface area contributed by atoms with Crippen LogP contribution >= 0.6 is 12.4 Å². The average Bonchev–Trinajstić information content (AvgIpc) is 2.87. The van der Waals surface area contributed by atoms with Gasteiger partial charge in [-0.1, -0.05) is 0 Å². The summed E-state index contributed by atoms with van der Waals surface area (Å²) in [6.45, 7) is 5.28. The second-order valence-electron chi connectivity index (χ2n) is 6.56. The molecule has 1 amide bonds. The van der Waals surface area contributed by atoms with Crippen LogP contribution in [0.25, 0.3) is 0 Å². The number of hydrogen-bond donors (Lipinski definition) is 2. The van der Waals surface area contributed by atoms with E-state index in [4.69, 9.17) is 4.74 Å². The van der Waals surface area contributed by atoms with Gasteiger partial charge in [0.05, 0.1) is 18.1 Å². The lowest BCUT2D eigenvalue weighted by Crippen LogP contribution is -2.36. The molecule has 2 N–H and O–H groups in total. The summed E-state index contributed by atoms with van der Waals surface area (Å²) < 4.78 is 33.4. The minimum Gasteiger partial charge on any atom is -0.380 e. The molecule has 0 aromatic heterocycles. The highest BCUT2D eigenvalue weighted by Crippen LogP contribution is 2.29. The van der Waals surface area contributed by atoms with Crippen LogP contribution in [0.5, 0.6) is 0 Å². The lowest BCUT2D eigenvalue weighted by atomic mass is 10.0. The van der Waals surface area contributed by atoms with Gasteiger partial charge in [0.1, 0.15) is 0 Å². The number of amides is 1. The zero-order valence-electron chi connectivity index (χ0n) is 14.9. The van der Waals surface area contributed by atoms with Crippen LogP contribution in [0.4, 0.5) is 5.69 Å². The zero-order chi connectivity index (χ0) is 17.9. The Morgan fingerprint density at radius 1 is 1.42 bits per heavy atom. The van der Waals surface area contributed by atoms with Crippen LogP contribution in [-0.4, -0.2) is 53.7 Å². The lowest BCUT2D eigenvalue weighted by molar-refractivity contribution is -0.116. The molecule has 2 aliphatic heterocycles. The number of fused-ring (bicyclic) bond motifs is 1. The van der Waals surface area contributed by atoms with E-state index in [1.54, 1.807) is 23.1 Å². The molecule has 2 heterocycles. The van der Waals surface area contributed by atoms with Crippen LogP contribution in [0.2, 0.25) is 0 Å². The van der Waals surface area contributed by atoms with E-state index in [2.05, 4.69) is 10.0 Å². The van der Waals surface area contributed by atoms with Crippen molar-refractivity contribution in [3.8, 4) is 0 Å².